The van der Waals surface area contributed by atoms with E-state index in [1.807, 2.05) is 0 Å². The molecule has 0 fully saturated rings. The van der Waals surface area contributed by atoms with Crippen molar-refractivity contribution < 1.29 is 17.9 Å². The molecule has 3 nitrogen and oxygen atoms in total. The zero-order valence-corrected chi connectivity index (χ0v) is 10.6. The van der Waals surface area contributed by atoms with E-state index >= 15 is 0 Å². The maximum absolute atomic E-state index is 13.9. The second-order valence-corrected chi connectivity index (χ2v) is 5.62. The molecule has 0 aliphatic rings. The number of sulfone groups is 1. The monoisotopic (exact) mass is 277 g/mol. The van der Waals surface area contributed by atoms with Gasteiger partial charge in [0, 0.05) is 0 Å². The SMILES string of the molecule is O=S(=O)(/C(F)=C(\[O-])c1ccccc1)c1ccccc1. The highest BCUT2D eigenvalue weighted by molar-refractivity contribution is 7.95. The molecular weight excluding hydrogens is 267 g/mol. The van der Waals surface area contributed by atoms with Crippen LogP contribution in [0.4, 0.5) is 4.39 Å². The first-order valence-electron chi connectivity index (χ1n) is 5.46. The van der Waals surface area contributed by atoms with Crippen molar-refractivity contribution >= 4 is 15.6 Å². The van der Waals surface area contributed by atoms with Crippen LogP contribution < -0.4 is 5.11 Å². The first-order valence-corrected chi connectivity index (χ1v) is 6.94. The third-order valence-electron chi connectivity index (χ3n) is 2.50. The Morgan fingerprint density at radius 3 is 1.89 bits per heavy atom. The summed E-state index contributed by atoms with van der Waals surface area (Å²) in [5.74, 6) is -1.13. The first-order chi connectivity index (χ1) is 9.03. The van der Waals surface area contributed by atoms with Crippen molar-refractivity contribution in [1.82, 2.24) is 0 Å². The normalized spacial score (nSPS) is 12.9. The molecule has 0 heterocycles. The van der Waals surface area contributed by atoms with E-state index in [1.165, 1.54) is 48.5 Å². The molecule has 98 valence electrons. The topological polar surface area (TPSA) is 57.2 Å². The van der Waals surface area contributed by atoms with Crippen molar-refractivity contribution in [2.45, 2.75) is 4.90 Å². The molecule has 19 heavy (non-hydrogen) atoms. The van der Waals surface area contributed by atoms with Crippen LogP contribution >= 0.6 is 0 Å². The predicted octanol–water partition coefficient (Wildman–Crippen LogP) is 2.12. The fourth-order valence-electron chi connectivity index (χ4n) is 1.53. The van der Waals surface area contributed by atoms with E-state index in [0.29, 0.717) is 0 Å². The van der Waals surface area contributed by atoms with Crippen LogP contribution in [-0.4, -0.2) is 8.42 Å². The molecule has 2 rings (SSSR count). The largest absolute Gasteiger partial charge is 0.870 e. The standard InChI is InChI=1S/C14H11FO3S/c15-14(13(16)11-7-3-1-4-8-11)19(17,18)12-9-5-2-6-10-12/h1-10,16H/p-1/b14-13-. The fourth-order valence-corrected chi connectivity index (χ4v) is 2.61. The van der Waals surface area contributed by atoms with E-state index in [4.69, 9.17) is 0 Å². The van der Waals surface area contributed by atoms with Gasteiger partial charge >= 0.3 is 0 Å². The molecule has 0 aromatic heterocycles. The third-order valence-corrected chi connectivity index (χ3v) is 4.05. The molecule has 0 aliphatic heterocycles. The van der Waals surface area contributed by atoms with Gasteiger partial charge in [0.2, 0.25) is 15.0 Å². The Kier molecular flexibility index (Phi) is 3.66. The van der Waals surface area contributed by atoms with Crippen molar-refractivity contribution in [3.8, 4) is 0 Å². The minimum atomic E-state index is -4.39. The number of benzene rings is 2. The number of halogens is 1. The summed E-state index contributed by atoms with van der Waals surface area (Å²) in [6, 6.07) is 14.5. The Bertz CT molecular complexity index is 692. The van der Waals surface area contributed by atoms with Gasteiger partial charge in [0.05, 0.1) is 4.90 Å². The second kappa shape index (κ2) is 5.24. The molecule has 0 aliphatic carbocycles. The van der Waals surface area contributed by atoms with Crippen LogP contribution in [-0.2, 0) is 9.84 Å². The van der Waals surface area contributed by atoms with E-state index in [0.717, 1.165) is 0 Å². The lowest BCUT2D eigenvalue weighted by molar-refractivity contribution is -0.245. The van der Waals surface area contributed by atoms with E-state index in [2.05, 4.69) is 0 Å². The van der Waals surface area contributed by atoms with E-state index in [-0.39, 0.29) is 10.5 Å². The minimum Gasteiger partial charge on any atom is -0.870 e. The van der Waals surface area contributed by atoms with Crippen molar-refractivity contribution in [3.63, 3.8) is 0 Å². The van der Waals surface area contributed by atoms with Gasteiger partial charge in [-0.15, -0.1) is 0 Å². The van der Waals surface area contributed by atoms with Gasteiger partial charge in [-0.25, -0.2) is 8.42 Å². The molecule has 0 spiro atoms. The summed E-state index contributed by atoms with van der Waals surface area (Å²) in [5, 5.41) is 10.1. The molecule has 2 aromatic rings. The van der Waals surface area contributed by atoms with Crippen LogP contribution in [0.5, 0.6) is 0 Å². The highest BCUT2D eigenvalue weighted by Gasteiger charge is 2.21. The zero-order valence-electron chi connectivity index (χ0n) is 9.78. The van der Waals surface area contributed by atoms with Crippen molar-refractivity contribution in [3.05, 3.63) is 71.4 Å². The molecule has 0 atom stereocenters. The molecule has 2 aromatic carbocycles. The number of hydrogen-bond donors (Lipinski definition) is 0. The lowest BCUT2D eigenvalue weighted by atomic mass is 10.2. The summed E-state index contributed by atoms with van der Waals surface area (Å²) >= 11 is 0. The van der Waals surface area contributed by atoms with Gasteiger partial charge < -0.3 is 5.11 Å². The molecule has 0 amide bonds. The molecule has 0 bridgehead atoms. The van der Waals surface area contributed by atoms with Crippen LogP contribution in [0.3, 0.4) is 0 Å². The van der Waals surface area contributed by atoms with Gasteiger partial charge in [0.1, 0.15) is 0 Å². The Balaban J connectivity index is 2.53. The number of rotatable bonds is 3. The predicted molar refractivity (Wildman–Crippen MR) is 68.1 cm³/mol. The smallest absolute Gasteiger partial charge is 0.232 e. The van der Waals surface area contributed by atoms with Crippen LogP contribution in [0.1, 0.15) is 5.56 Å². The molecule has 5 heteroatoms. The van der Waals surface area contributed by atoms with E-state index < -0.39 is 20.8 Å². The lowest BCUT2D eigenvalue weighted by Gasteiger charge is -2.14. The maximum atomic E-state index is 13.9. The quantitative estimate of drug-likeness (QED) is 0.807. The zero-order chi connectivity index (χ0) is 13.9. The average molecular weight is 277 g/mol. The first kappa shape index (κ1) is 13.3. The van der Waals surface area contributed by atoms with Crippen molar-refractivity contribution in [2.75, 3.05) is 0 Å². The van der Waals surface area contributed by atoms with Gasteiger partial charge in [-0.05, 0) is 17.7 Å². The Hall–Kier alpha value is -2.14. The van der Waals surface area contributed by atoms with Crippen LogP contribution in [0, 0.1) is 0 Å². The van der Waals surface area contributed by atoms with Crippen molar-refractivity contribution in [1.29, 1.82) is 0 Å². The van der Waals surface area contributed by atoms with Gasteiger partial charge in [0.25, 0.3) is 0 Å². The summed E-state index contributed by atoms with van der Waals surface area (Å²) in [6.45, 7) is 0. The molecule has 0 N–H and O–H groups in total. The summed E-state index contributed by atoms with van der Waals surface area (Å²) in [4.78, 5) is -0.239. The summed E-state index contributed by atoms with van der Waals surface area (Å²) in [6.07, 6.45) is 0. The third kappa shape index (κ3) is 2.66. The second-order valence-electron chi connectivity index (χ2n) is 3.79. The number of hydrogen-bond acceptors (Lipinski definition) is 3. The Morgan fingerprint density at radius 1 is 0.895 bits per heavy atom. The van der Waals surface area contributed by atoms with E-state index in [1.54, 1.807) is 12.1 Å². The minimum absolute atomic E-state index is 0.000457. The molecule has 0 saturated heterocycles. The van der Waals surface area contributed by atoms with Gasteiger partial charge in [0.15, 0.2) is 0 Å². The molecular formula is C14H10FO3S-. The van der Waals surface area contributed by atoms with E-state index in [9.17, 15) is 17.9 Å². The van der Waals surface area contributed by atoms with Gasteiger partial charge in [-0.3, -0.25) is 0 Å². The highest BCUT2D eigenvalue weighted by atomic mass is 32.2. The molecule has 0 saturated carbocycles. The lowest BCUT2D eigenvalue weighted by Crippen LogP contribution is -2.11. The summed E-state index contributed by atoms with van der Waals surface area (Å²) < 4.78 is 37.8. The van der Waals surface area contributed by atoms with Crippen LogP contribution in [0.25, 0.3) is 5.76 Å². The van der Waals surface area contributed by atoms with Gasteiger partial charge in [-0.1, -0.05) is 54.3 Å². The van der Waals surface area contributed by atoms with Crippen LogP contribution in [0.15, 0.2) is 70.7 Å². The van der Waals surface area contributed by atoms with Gasteiger partial charge in [-0.2, -0.15) is 4.39 Å². The fraction of sp³-hybridized carbons (Fsp3) is 0. The molecule has 0 radical (unpaired) electrons. The Morgan fingerprint density at radius 2 is 1.37 bits per heavy atom. The van der Waals surface area contributed by atoms with Crippen LogP contribution in [0.2, 0.25) is 0 Å². The van der Waals surface area contributed by atoms with Crippen molar-refractivity contribution in [2.24, 2.45) is 0 Å². The summed E-state index contributed by atoms with van der Waals surface area (Å²) in [7, 11) is -4.39. The molecule has 0 unspecified atom stereocenters. The average Bonchev–Trinajstić information content (AvgIpc) is 2.47. The highest BCUT2D eigenvalue weighted by Crippen LogP contribution is 2.25. The maximum Gasteiger partial charge on any atom is 0.232 e. The summed E-state index contributed by atoms with van der Waals surface area (Å²) in [5.41, 5.74) is -0.000457. The Labute approximate surface area is 110 Å².